The third-order valence-corrected chi connectivity index (χ3v) is 0.283. The van der Waals surface area contributed by atoms with Crippen LogP contribution < -0.4 is 0 Å². The molecule has 0 aliphatic rings. The Hall–Kier alpha value is 0.0300. The maximum Gasteiger partial charge on any atom is 0.0471 e. The molecule has 0 aromatic rings. The van der Waals surface area contributed by atoms with Crippen LogP contribution in [0.25, 0.3) is 0 Å². The van der Waals surface area contributed by atoms with Crippen molar-refractivity contribution in [2.75, 3.05) is 5.88 Å². The smallest absolute Gasteiger partial charge is 0.0471 e. The predicted octanol–water partition coefficient (Wildman–Crippen LogP) is 1.21. The summed E-state index contributed by atoms with van der Waals surface area (Å²) in [6, 6.07) is 0. The minimum Gasteiger partial charge on any atom is -0.122 e. The van der Waals surface area contributed by atoms with Crippen LogP contribution in [-0.2, 0) is 0 Å². The van der Waals surface area contributed by atoms with Crippen molar-refractivity contribution in [3.63, 3.8) is 0 Å². The van der Waals surface area contributed by atoms with Crippen LogP contribution in [0.3, 0.4) is 0 Å². The van der Waals surface area contributed by atoms with Crippen LogP contribution in [0.4, 0.5) is 0 Å². The Morgan fingerprint density at radius 2 is 2.25 bits per heavy atom. The third-order valence-electron chi connectivity index (χ3n) is 0.0945. The summed E-state index contributed by atoms with van der Waals surface area (Å²) >= 11 is 5.01. The molecule has 0 heterocycles. The SMILES string of the molecule is C=[C]CCl. The summed E-state index contributed by atoms with van der Waals surface area (Å²) in [7, 11) is 0. The van der Waals surface area contributed by atoms with Crippen LogP contribution >= 0.6 is 11.6 Å². The lowest BCUT2D eigenvalue weighted by molar-refractivity contribution is 1.71. The number of allylic oxidation sites excluding steroid dienone is 1. The highest BCUT2D eigenvalue weighted by Crippen LogP contribution is 1.65. The molecule has 0 N–H and O–H groups in total. The molecule has 1 radical (unpaired) electrons. The quantitative estimate of drug-likeness (QED) is 0.411. The van der Waals surface area contributed by atoms with E-state index in [0.717, 1.165) is 0 Å². The van der Waals surface area contributed by atoms with E-state index >= 15 is 0 Å². The molecule has 4 heavy (non-hydrogen) atoms. The summed E-state index contributed by atoms with van der Waals surface area (Å²) < 4.78 is 0. The van der Waals surface area contributed by atoms with Crippen LogP contribution in [0.5, 0.6) is 0 Å². The molecule has 0 spiro atoms. The summed E-state index contributed by atoms with van der Waals surface area (Å²) in [5, 5.41) is 0. The van der Waals surface area contributed by atoms with Crippen LogP contribution in [-0.4, -0.2) is 5.88 Å². The van der Waals surface area contributed by atoms with Crippen molar-refractivity contribution in [3.8, 4) is 0 Å². The second-order valence-electron chi connectivity index (χ2n) is 0.384. The van der Waals surface area contributed by atoms with Crippen LogP contribution in [0.1, 0.15) is 0 Å². The molecule has 0 aromatic heterocycles. The van der Waals surface area contributed by atoms with Gasteiger partial charge in [0.2, 0.25) is 0 Å². The van der Waals surface area contributed by atoms with E-state index in [0.29, 0.717) is 5.88 Å². The molecule has 0 aliphatic carbocycles. The minimum atomic E-state index is 0.431. The van der Waals surface area contributed by atoms with Gasteiger partial charge in [0, 0.05) is 5.88 Å². The number of hydrogen-bond donors (Lipinski definition) is 0. The van der Waals surface area contributed by atoms with Gasteiger partial charge in [0.1, 0.15) is 0 Å². The highest BCUT2D eigenvalue weighted by molar-refractivity contribution is 6.18. The molecule has 0 amide bonds. The second kappa shape index (κ2) is 3.03. The molecule has 0 atom stereocenters. The van der Waals surface area contributed by atoms with E-state index in [2.05, 4.69) is 12.7 Å². The molecule has 1 heteroatoms. The molecule has 0 aliphatic heterocycles. The Morgan fingerprint density at radius 1 is 2.00 bits per heavy atom. The summed E-state index contributed by atoms with van der Waals surface area (Å²) in [5.41, 5.74) is 0. The molecule has 0 nitrogen and oxygen atoms in total. The predicted molar refractivity (Wildman–Crippen MR) is 19.6 cm³/mol. The van der Waals surface area contributed by atoms with Crippen LogP contribution in [0.2, 0.25) is 0 Å². The van der Waals surface area contributed by atoms with Crippen molar-refractivity contribution in [3.05, 3.63) is 12.7 Å². The van der Waals surface area contributed by atoms with Gasteiger partial charge in [-0.15, -0.1) is 11.6 Å². The van der Waals surface area contributed by atoms with Gasteiger partial charge in [-0.2, -0.15) is 0 Å². The summed E-state index contributed by atoms with van der Waals surface area (Å²) in [6.45, 7) is 3.22. The zero-order valence-electron chi connectivity index (χ0n) is 2.29. The first-order valence-corrected chi connectivity index (χ1v) is 1.51. The van der Waals surface area contributed by atoms with E-state index in [1.165, 1.54) is 0 Å². The lowest BCUT2D eigenvalue weighted by Crippen LogP contribution is -1.47. The monoisotopic (exact) mass is 75.0 g/mol. The van der Waals surface area contributed by atoms with Crippen molar-refractivity contribution in [2.45, 2.75) is 0 Å². The Balaban J connectivity index is 2.30. The third kappa shape index (κ3) is 2.03. The molecular formula is C3H4Cl. The van der Waals surface area contributed by atoms with E-state index < -0.39 is 0 Å². The fraction of sp³-hybridized carbons (Fsp3) is 0.333. The number of hydrogen-bond acceptors (Lipinski definition) is 0. The van der Waals surface area contributed by atoms with Gasteiger partial charge in [-0.1, -0.05) is 6.58 Å². The average Bonchev–Trinajstić information content (AvgIpc) is 1.37. The summed E-state index contributed by atoms with van der Waals surface area (Å²) in [5.74, 6) is 0.431. The van der Waals surface area contributed by atoms with Gasteiger partial charge in [-0.3, -0.25) is 0 Å². The minimum absolute atomic E-state index is 0.431. The first kappa shape index (κ1) is 4.03. The molecule has 0 saturated carbocycles. The molecule has 0 unspecified atom stereocenters. The maximum atomic E-state index is 5.01. The second-order valence-corrected chi connectivity index (χ2v) is 0.651. The fourth-order valence-corrected chi connectivity index (χ4v) is 0. The maximum absolute atomic E-state index is 5.01. The zero-order chi connectivity index (χ0) is 3.41. The van der Waals surface area contributed by atoms with Gasteiger partial charge in [0.15, 0.2) is 0 Å². The summed E-state index contributed by atoms with van der Waals surface area (Å²) in [6.07, 6.45) is 2.45. The van der Waals surface area contributed by atoms with E-state index in [4.69, 9.17) is 11.6 Å². The molecule has 0 bridgehead atoms. The first-order chi connectivity index (χ1) is 1.91. The molecule has 0 fully saturated rings. The first-order valence-electron chi connectivity index (χ1n) is 0.974. The van der Waals surface area contributed by atoms with Gasteiger partial charge in [0.05, 0.1) is 0 Å². The van der Waals surface area contributed by atoms with Crippen molar-refractivity contribution < 1.29 is 0 Å². The fourth-order valence-electron chi connectivity index (χ4n) is 0. The topological polar surface area (TPSA) is 0 Å². The van der Waals surface area contributed by atoms with Crippen molar-refractivity contribution >= 4 is 11.6 Å². The Kier molecular flexibility index (Phi) is 3.05. The van der Waals surface area contributed by atoms with Crippen molar-refractivity contribution in [1.82, 2.24) is 0 Å². The molecule has 0 saturated heterocycles. The zero-order valence-corrected chi connectivity index (χ0v) is 3.05. The van der Waals surface area contributed by atoms with Crippen molar-refractivity contribution in [2.24, 2.45) is 0 Å². The molecule has 0 rings (SSSR count). The van der Waals surface area contributed by atoms with Crippen LogP contribution in [0, 0.1) is 6.08 Å². The Labute approximate surface area is 31.1 Å². The lowest BCUT2D eigenvalue weighted by atomic mass is 10.8. The number of rotatable bonds is 1. The average molecular weight is 75.5 g/mol. The van der Waals surface area contributed by atoms with Crippen molar-refractivity contribution in [1.29, 1.82) is 0 Å². The van der Waals surface area contributed by atoms with Crippen LogP contribution in [0.15, 0.2) is 6.58 Å². The Bertz CT molecular complexity index is 17.2. The molecule has 0 aromatic carbocycles. The summed E-state index contributed by atoms with van der Waals surface area (Å²) in [4.78, 5) is 0. The normalized spacial score (nSPS) is 6.25. The number of halogens is 1. The van der Waals surface area contributed by atoms with Gasteiger partial charge in [0.25, 0.3) is 0 Å². The van der Waals surface area contributed by atoms with E-state index in [1.807, 2.05) is 0 Å². The van der Waals surface area contributed by atoms with Gasteiger partial charge < -0.3 is 0 Å². The highest BCUT2D eigenvalue weighted by atomic mass is 35.5. The standard InChI is InChI=1S/C3H4Cl/c1-2-3-4/h1,3H2. The molecular weight excluding hydrogens is 71.5 g/mol. The Morgan fingerprint density at radius 3 is 2.25 bits per heavy atom. The number of alkyl halides is 1. The molecule has 23 valence electrons. The van der Waals surface area contributed by atoms with Gasteiger partial charge in [-0.05, 0) is 6.08 Å². The lowest BCUT2D eigenvalue weighted by Gasteiger charge is -1.53. The van der Waals surface area contributed by atoms with E-state index in [1.54, 1.807) is 0 Å². The van der Waals surface area contributed by atoms with Gasteiger partial charge in [-0.25, -0.2) is 0 Å². The van der Waals surface area contributed by atoms with E-state index in [-0.39, 0.29) is 0 Å². The highest BCUT2D eigenvalue weighted by Gasteiger charge is 1.49. The van der Waals surface area contributed by atoms with Gasteiger partial charge >= 0.3 is 0 Å². The largest absolute Gasteiger partial charge is 0.122 e. The van der Waals surface area contributed by atoms with E-state index in [9.17, 15) is 0 Å².